The first-order valence-corrected chi connectivity index (χ1v) is 9.22. The van der Waals surface area contributed by atoms with Crippen molar-refractivity contribution in [2.45, 2.75) is 31.5 Å². The monoisotopic (exact) mass is 352 g/mol. The highest BCUT2D eigenvalue weighted by Crippen LogP contribution is 2.25. The van der Waals surface area contributed by atoms with Crippen LogP contribution in [0.2, 0.25) is 0 Å². The molecule has 0 unspecified atom stereocenters. The van der Waals surface area contributed by atoms with Gasteiger partial charge in [0.1, 0.15) is 5.78 Å². The second-order valence-corrected chi connectivity index (χ2v) is 6.84. The summed E-state index contributed by atoms with van der Waals surface area (Å²) in [6.45, 7) is 2.33. The van der Waals surface area contributed by atoms with Crippen molar-refractivity contribution in [2.24, 2.45) is 0 Å². The van der Waals surface area contributed by atoms with Gasteiger partial charge in [-0.2, -0.15) is 0 Å². The van der Waals surface area contributed by atoms with Crippen molar-refractivity contribution < 1.29 is 4.79 Å². The average Bonchev–Trinajstić information content (AvgIpc) is 3.03. The zero-order chi connectivity index (χ0) is 17.5. The molecule has 0 atom stereocenters. The molecule has 0 amide bonds. The van der Waals surface area contributed by atoms with Crippen LogP contribution in [-0.2, 0) is 11.3 Å². The highest BCUT2D eigenvalue weighted by atomic mass is 32.2. The first kappa shape index (κ1) is 17.4. The maximum Gasteiger partial charge on any atom is 0.191 e. The number of nitrogens with zero attached hydrogens (tertiary/aromatic N) is 4. The molecule has 25 heavy (non-hydrogen) atoms. The number of hydrogen-bond acceptors (Lipinski definition) is 5. The summed E-state index contributed by atoms with van der Waals surface area (Å²) in [6, 6.07) is 14.1. The van der Waals surface area contributed by atoms with E-state index in [-0.39, 0.29) is 5.78 Å². The van der Waals surface area contributed by atoms with Gasteiger partial charge in [-0.25, -0.2) is 0 Å². The standard InChI is InChI=1S/C19H20N4OS/c1-15(24)7-6-12-25-19-22-21-18(17-10-5-11-20-13-17)23(19)14-16-8-3-2-4-9-16/h2-5,8-11,13H,6-7,12,14H2,1H3. The van der Waals surface area contributed by atoms with Crippen molar-refractivity contribution >= 4 is 17.5 Å². The lowest BCUT2D eigenvalue weighted by Gasteiger charge is -2.10. The Bertz CT molecular complexity index is 818. The van der Waals surface area contributed by atoms with E-state index in [9.17, 15) is 4.79 Å². The second-order valence-electron chi connectivity index (χ2n) is 5.77. The summed E-state index contributed by atoms with van der Waals surface area (Å²) in [7, 11) is 0. The highest BCUT2D eigenvalue weighted by Gasteiger charge is 2.15. The van der Waals surface area contributed by atoms with Crippen LogP contribution >= 0.6 is 11.8 Å². The summed E-state index contributed by atoms with van der Waals surface area (Å²) >= 11 is 1.64. The van der Waals surface area contributed by atoms with Gasteiger partial charge in [-0.15, -0.1) is 10.2 Å². The fourth-order valence-electron chi connectivity index (χ4n) is 2.50. The Balaban J connectivity index is 1.84. The molecule has 3 rings (SSSR count). The predicted molar refractivity (Wildman–Crippen MR) is 99.4 cm³/mol. The van der Waals surface area contributed by atoms with Crippen LogP contribution in [0.4, 0.5) is 0 Å². The van der Waals surface area contributed by atoms with Crippen molar-refractivity contribution in [3.8, 4) is 11.4 Å². The molecule has 0 spiro atoms. The lowest BCUT2D eigenvalue weighted by Crippen LogP contribution is -2.04. The SMILES string of the molecule is CC(=O)CCCSc1nnc(-c2cccnc2)n1Cc1ccccc1. The van der Waals surface area contributed by atoms with E-state index >= 15 is 0 Å². The Morgan fingerprint density at radius 2 is 1.96 bits per heavy atom. The van der Waals surface area contributed by atoms with Gasteiger partial charge in [0.05, 0.1) is 6.54 Å². The summed E-state index contributed by atoms with van der Waals surface area (Å²) in [5.41, 5.74) is 2.14. The molecule has 1 aromatic carbocycles. The van der Waals surface area contributed by atoms with Crippen LogP contribution < -0.4 is 0 Å². The first-order chi connectivity index (χ1) is 12.2. The predicted octanol–water partition coefficient (Wildman–Crippen LogP) is 3.85. The van der Waals surface area contributed by atoms with Gasteiger partial charge in [-0.1, -0.05) is 42.1 Å². The Kier molecular flexibility index (Phi) is 5.95. The Hall–Kier alpha value is -2.47. The lowest BCUT2D eigenvalue weighted by molar-refractivity contribution is -0.117. The van der Waals surface area contributed by atoms with Crippen LogP contribution in [0.25, 0.3) is 11.4 Å². The van der Waals surface area contributed by atoms with Crippen LogP contribution in [0.3, 0.4) is 0 Å². The van der Waals surface area contributed by atoms with E-state index < -0.39 is 0 Å². The third-order valence-corrected chi connectivity index (χ3v) is 4.78. The van der Waals surface area contributed by atoms with Gasteiger partial charge >= 0.3 is 0 Å². The van der Waals surface area contributed by atoms with Crippen molar-refractivity contribution in [1.82, 2.24) is 19.7 Å². The fourth-order valence-corrected chi connectivity index (χ4v) is 3.37. The summed E-state index contributed by atoms with van der Waals surface area (Å²) in [4.78, 5) is 15.3. The van der Waals surface area contributed by atoms with Gasteiger partial charge in [-0.3, -0.25) is 9.55 Å². The largest absolute Gasteiger partial charge is 0.300 e. The van der Waals surface area contributed by atoms with Gasteiger partial charge < -0.3 is 4.79 Å². The lowest BCUT2D eigenvalue weighted by atomic mass is 10.2. The topological polar surface area (TPSA) is 60.7 Å². The van der Waals surface area contributed by atoms with Crippen LogP contribution in [-0.4, -0.2) is 31.3 Å². The molecule has 6 heteroatoms. The van der Waals surface area contributed by atoms with Gasteiger partial charge in [-0.05, 0) is 31.0 Å². The molecule has 0 bridgehead atoms. The average molecular weight is 352 g/mol. The molecule has 0 saturated heterocycles. The molecular weight excluding hydrogens is 332 g/mol. The van der Waals surface area contributed by atoms with Gasteiger partial charge in [0.25, 0.3) is 0 Å². The number of rotatable bonds is 8. The number of benzene rings is 1. The van der Waals surface area contributed by atoms with Crippen molar-refractivity contribution in [3.63, 3.8) is 0 Å². The third-order valence-electron chi connectivity index (χ3n) is 3.72. The van der Waals surface area contributed by atoms with E-state index in [2.05, 4.69) is 31.9 Å². The van der Waals surface area contributed by atoms with Crippen LogP contribution in [0.5, 0.6) is 0 Å². The quantitative estimate of drug-likeness (QED) is 0.455. The molecule has 0 aliphatic heterocycles. The van der Waals surface area contributed by atoms with Gasteiger partial charge in [0.2, 0.25) is 0 Å². The molecule has 0 fully saturated rings. The maximum absolute atomic E-state index is 11.1. The van der Waals surface area contributed by atoms with E-state index in [4.69, 9.17) is 0 Å². The molecule has 0 aliphatic rings. The molecule has 0 N–H and O–H groups in total. The van der Waals surface area contributed by atoms with Crippen LogP contribution in [0.1, 0.15) is 25.3 Å². The molecule has 128 valence electrons. The van der Waals surface area contributed by atoms with Gasteiger partial charge in [0.15, 0.2) is 11.0 Å². The molecule has 0 aliphatic carbocycles. The molecular formula is C19H20N4OS. The highest BCUT2D eigenvalue weighted by molar-refractivity contribution is 7.99. The Labute approximate surface area is 151 Å². The number of carbonyl (C=O) groups excluding carboxylic acids is 1. The fraction of sp³-hybridized carbons (Fsp3) is 0.263. The smallest absolute Gasteiger partial charge is 0.191 e. The third kappa shape index (κ3) is 4.76. The normalized spacial score (nSPS) is 10.8. The number of pyridine rings is 1. The van der Waals surface area contributed by atoms with Gasteiger partial charge in [0, 0.05) is 30.1 Å². The minimum Gasteiger partial charge on any atom is -0.300 e. The number of carbonyl (C=O) groups is 1. The molecule has 0 saturated carbocycles. The maximum atomic E-state index is 11.1. The summed E-state index contributed by atoms with van der Waals surface area (Å²) < 4.78 is 2.12. The molecule has 0 radical (unpaired) electrons. The number of thioether (sulfide) groups is 1. The summed E-state index contributed by atoms with van der Waals surface area (Å²) in [6.07, 6.45) is 5.00. The molecule has 5 nitrogen and oxygen atoms in total. The van der Waals surface area contributed by atoms with Crippen molar-refractivity contribution in [2.75, 3.05) is 5.75 Å². The van der Waals surface area contributed by atoms with Crippen molar-refractivity contribution in [1.29, 1.82) is 0 Å². The van der Waals surface area contributed by atoms with Crippen LogP contribution in [0.15, 0.2) is 60.0 Å². The van der Waals surface area contributed by atoms with E-state index in [0.717, 1.165) is 28.7 Å². The molecule has 2 aromatic heterocycles. The van der Waals surface area contributed by atoms with E-state index in [0.29, 0.717) is 13.0 Å². The number of Topliss-reactive ketones (excluding diaryl/α,β-unsaturated/α-hetero) is 1. The zero-order valence-electron chi connectivity index (χ0n) is 14.1. The second kappa shape index (κ2) is 8.58. The molecule has 3 aromatic rings. The summed E-state index contributed by atoms with van der Waals surface area (Å²) in [5, 5.41) is 9.62. The number of hydrogen-bond donors (Lipinski definition) is 0. The van der Waals surface area contributed by atoms with E-state index in [1.165, 1.54) is 5.56 Å². The van der Waals surface area contributed by atoms with Crippen molar-refractivity contribution in [3.05, 3.63) is 60.4 Å². The summed E-state index contributed by atoms with van der Waals surface area (Å²) in [5.74, 6) is 1.88. The number of ketones is 1. The number of aromatic nitrogens is 4. The van der Waals surface area contributed by atoms with E-state index in [1.54, 1.807) is 31.1 Å². The Morgan fingerprint density at radius 3 is 2.68 bits per heavy atom. The van der Waals surface area contributed by atoms with E-state index in [1.807, 2.05) is 30.3 Å². The Morgan fingerprint density at radius 1 is 1.12 bits per heavy atom. The zero-order valence-corrected chi connectivity index (χ0v) is 14.9. The molecule has 2 heterocycles. The first-order valence-electron chi connectivity index (χ1n) is 8.24. The minimum atomic E-state index is 0.224. The van der Waals surface area contributed by atoms with Crippen LogP contribution in [0, 0.1) is 0 Å². The minimum absolute atomic E-state index is 0.224.